The van der Waals surface area contributed by atoms with Crippen molar-refractivity contribution >= 4 is 18.9 Å². The molecule has 0 bridgehead atoms. The van der Waals surface area contributed by atoms with Crippen molar-refractivity contribution in [1.82, 2.24) is 0 Å². The van der Waals surface area contributed by atoms with E-state index in [1.165, 1.54) is 173 Å². The number of rotatable bonds is 33. The maximum absolute atomic E-state index is 9.92. The molecule has 0 unspecified atom stereocenters. The van der Waals surface area contributed by atoms with E-state index in [1.54, 1.807) is 0 Å². The van der Waals surface area contributed by atoms with Crippen molar-refractivity contribution in [2.24, 2.45) is 0 Å². The van der Waals surface area contributed by atoms with Crippen molar-refractivity contribution in [3.63, 3.8) is 0 Å². The molecule has 0 amide bonds. The fourth-order valence-corrected chi connectivity index (χ4v) is 5.05. The molecule has 0 saturated carbocycles. The number of hydrogen-bond acceptors (Lipinski definition) is 3. The van der Waals surface area contributed by atoms with Crippen LogP contribution >= 0.6 is 0 Å². The van der Waals surface area contributed by atoms with E-state index in [4.69, 9.17) is 0 Å². The molecule has 4 heteroatoms. The molecule has 43 heavy (non-hydrogen) atoms. The summed E-state index contributed by atoms with van der Waals surface area (Å²) in [6, 6.07) is 0. The quantitative estimate of drug-likeness (QED) is 0.0405. The van der Waals surface area contributed by atoms with Gasteiger partial charge in [-0.05, 0) is 0 Å². The molecule has 257 valence electrons. The SMILES string of the molecule is CCCCCCCCCCCC[C-]=O.CCCCCCCCCCCC[C-]=O.CCCCCCCCCCCC[C-]=O.[Fe+3]. The molecule has 0 atom stereocenters. The molecule has 0 aliphatic heterocycles. The van der Waals surface area contributed by atoms with Gasteiger partial charge in [0.05, 0.1) is 0 Å². The molecule has 0 aromatic carbocycles. The van der Waals surface area contributed by atoms with Gasteiger partial charge in [-0.1, -0.05) is 213 Å². The maximum atomic E-state index is 9.92. The Bertz CT molecular complexity index is 403. The van der Waals surface area contributed by atoms with Gasteiger partial charge in [0.15, 0.2) is 0 Å². The van der Waals surface area contributed by atoms with Crippen LogP contribution in [0.4, 0.5) is 0 Å². The van der Waals surface area contributed by atoms with Crippen LogP contribution in [0.2, 0.25) is 0 Å². The summed E-state index contributed by atoms with van der Waals surface area (Å²) in [7, 11) is 0. The van der Waals surface area contributed by atoms with Gasteiger partial charge < -0.3 is 14.4 Å². The average molecular weight is 648 g/mol. The zero-order valence-electron chi connectivity index (χ0n) is 29.4. The summed E-state index contributed by atoms with van der Waals surface area (Å²) in [4.78, 5) is 29.7. The van der Waals surface area contributed by atoms with Crippen molar-refractivity contribution in [2.75, 3.05) is 0 Å². The summed E-state index contributed by atoms with van der Waals surface area (Å²) in [5.41, 5.74) is 0. The fraction of sp³-hybridized carbons (Fsp3) is 0.923. The van der Waals surface area contributed by atoms with Crippen LogP contribution in [-0.2, 0) is 31.5 Å². The van der Waals surface area contributed by atoms with Gasteiger partial charge in [-0.15, -0.1) is 0 Å². The maximum Gasteiger partial charge on any atom is 3.00 e. The van der Waals surface area contributed by atoms with Gasteiger partial charge >= 0.3 is 17.1 Å². The molecular weight excluding hydrogens is 572 g/mol. The Morgan fingerprint density at radius 3 is 0.535 bits per heavy atom. The van der Waals surface area contributed by atoms with Gasteiger partial charge in [0.1, 0.15) is 0 Å². The largest absolute Gasteiger partial charge is 3.00 e. The van der Waals surface area contributed by atoms with Crippen LogP contribution < -0.4 is 0 Å². The summed E-state index contributed by atoms with van der Waals surface area (Å²) < 4.78 is 0. The van der Waals surface area contributed by atoms with Gasteiger partial charge in [-0.3, -0.25) is 18.9 Å². The second kappa shape index (κ2) is 54.0. The second-order valence-corrected chi connectivity index (χ2v) is 12.2. The van der Waals surface area contributed by atoms with Crippen LogP contribution in [0.15, 0.2) is 0 Å². The first kappa shape index (κ1) is 49.4. The number of carbonyl (C=O) groups excluding carboxylic acids is 3. The van der Waals surface area contributed by atoms with Gasteiger partial charge in [-0.2, -0.15) is 19.3 Å². The van der Waals surface area contributed by atoms with Crippen LogP contribution in [0.3, 0.4) is 0 Å². The second-order valence-electron chi connectivity index (χ2n) is 12.2. The van der Waals surface area contributed by atoms with Crippen LogP contribution in [0.1, 0.15) is 233 Å². The Morgan fingerprint density at radius 2 is 0.395 bits per heavy atom. The summed E-state index contributed by atoms with van der Waals surface area (Å²) in [5.74, 6) is 0. The van der Waals surface area contributed by atoms with Crippen molar-refractivity contribution < 1.29 is 31.5 Å². The molecule has 0 aromatic rings. The molecule has 1 radical (unpaired) electrons. The minimum absolute atomic E-state index is 0. The van der Waals surface area contributed by atoms with Crippen LogP contribution in [0, 0.1) is 0 Å². The summed E-state index contributed by atoms with van der Waals surface area (Å²) >= 11 is 0. The Balaban J connectivity index is -0.000000262. The molecule has 0 N–H and O–H groups in total. The molecule has 0 aliphatic rings. The third-order valence-corrected chi connectivity index (χ3v) is 7.90. The Morgan fingerprint density at radius 1 is 0.256 bits per heavy atom. The standard InChI is InChI=1S/3C13H25O.Fe/c3*1-2-3-4-5-6-7-8-9-10-11-12-13-14;/h3*2-12H2,1H3;/q3*-1;+3. The Kier molecular flexibility index (Phi) is 62.1. The van der Waals surface area contributed by atoms with Crippen molar-refractivity contribution in [1.29, 1.82) is 0 Å². The van der Waals surface area contributed by atoms with E-state index in [9.17, 15) is 14.4 Å². The smallest absolute Gasteiger partial charge is 0.542 e. The first-order chi connectivity index (χ1) is 20.7. The zero-order chi connectivity index (χ0) is 31.5. The summed E-state index contributed by atoms with van der Waals surface area (Å²) in [5, 5.41) is 0. The third-order valence-electron chi connectivity index (χ3n) is 7.90. The molecule has 0 spiro atoms. The zero-order valence-corrected chi connectivity index (χ0v) is 30.5. The van der Waals surface area contributed by atoms with Crippen molar-refractivity contribution in [3.05, 3.63) is 0 Å². The van der Waals surface area contributed by atoms with E-state index in [0.29, 0.717) is 19.3 Å². The molecule has 0 aromatic heterocycles. The van der Waals surface area contributed by atoms with Gasteiger partial charge in [0.2, 0.25) is 0 Å². The fourth-order valence-electron chi connectivity index (χ4n) is 5.05. The molecule has 0 saturated heterocycles. The third kappa shape index (κ3) is 61.3. The Labute approximate surface area is 282 Å². The number of unbranched alkanes of at least 4 members (excludes halogenated alkanes) is 30. The van der Waals surface area contributed by atoms with E-state index in [1.807, 2.05) is 18.9 Å². The number of hydrogen-bond donors (Lipinski definition) is 0. The minimum atomic E-state index is 0. The first-order valence-electron chi connectivity index (χ1n) is 18.8. The van der Waals surface area contributed by atoms with Crippen molar-refractivity contribution in [3.8, 4) is 0 Å². The first-order valence-corrected chi connectivity index (χ1v) is 18.8. The van der Waals surface area contributed by atoms with E-state index in [0.717, 1.165) is 19.3 Å². The van der Waals surface area contributed by atoms with E-state index in [-0.39, 0.29) is 17.1 Å². The average Bonchev–Trinajstić information content (AvgIpc) is 3.01. The van der Waals surface area contributed by atoms with Crippen LogP contribution in [0.5, 0.6) is 0 Å². The topological polar surface area (TPSA) is 51.2 Å². The van der Waals surface area contributed by atoms with E-state index in [2.05, 4.69) is 20.8 Å². The van der Waals surface area contributed by atoms with Crippen LogP contribution in [-0.4, -0.2) is 18.9 Å². The molecule has 0 aliphatic carbocycles. The van der Waals surface area contributed by atoms with Gasteiger partial charge in [-0.25, -0.2) is 0 Å². The van der Waals surface area contributed by atoms with Gasteiger partial charge in [0.25, 0.3) is 0 Å². The minimum Gasteiger partial charge on any atom is -0.542 e. The summed E-state index contributed by atoms with van der Waals surface area (Å²) in [6.07, 6.45) is 47.5. The monoisotopic (exact) mass is 648 g/mol. The molecular formula is C39H75FeO3. The molecule has 0 fully saturated rings. The molecule has 3 nitrogen and oxygen atoms in total. The van der Waals surface area contributed by atoms with Crippen molar-refractivity contribution in [2.45, 2.75) is 233 Å². The summed E-state index contributed by atoms with van der Waals surface area (Å²) in [6.45, 7) is 6.76. The van der Waals surface area contributed by atoms with E-state index < -0.39 is 0 Å². The van der Waals surface area contributed by atoms with Gasteiger partial charge in [0, 0.05) is 0 Å². The predicted molar refractivity (Wildman–Crippen MR) is 186 cm³/mol. The normalized spacial score (nSPS) is 10.1. The Hall–Kier alpha value is -0.471. The predicted octanol–water partition coefficient (Wildman–Crippen LogP) is 13.2. The molecule has 0 heterocycles. The molecule has 0 rings (SSSR count). The van der Waals surface area contributed by atoms with E-state index >= 15 is 0 Å². The van der Waals surface area contributed by atoms with Crippen LogP contribution in [0.25, 0.3) is 0 Å².